The highest BCUT2D eigenvalue weighted by Crippen LogP contribution is 2.49. The maximum absolute atomic E-state index is 14.4. The maximum Gasteiger partial charge on any atom is 0.421 e. The summed E-state index contributed by atoms with van der Waals surface area (Å²) in [5.41, 5.74) is -0.573. The van der Waals surface area contributed by atoms with Gasteiger partial charge in [-0.2, -0.15) is 0 Å². The molecule has 0 radical (unpaired) electrons. The van der Waals surface area contributed by atoms with Crippen molar-refractivity contribution in [2.75, 3.05) is 72.3 Å². The van der Waals surface area contributed by atoms with Crippen molar-refractivity contribution in [3.05, 3.63) is 59.5 Å². The number of nitrogens with zero attached hydrogens (tertiary/aromatic N) is 6. The fourth-order valence-corrected chi connectivity index (χ4v) is 7.14. The number of methoxy groups -OCH3 is 2. The molecule has 16 nitrogen and oxygen atoms in total. The monoisotopic (exact) mass is 798 g/mol. The molecule has 55 heavy (non-hydrogen) atoms. The third-order valence-corrected chi connectivity index (χ3v) is 9.88. The Hall–Kier alpha value is -5.32. The van der Waals surface area contributed by atoms with Gasteiger partial charge in [-0.25, -0.2) is 29.4 Å². The van der Waals surface area contributed by atoms with E-state index in [4.69, 9.17) is 37.4 Å². The predicted octanol–water partition coefficient (Wildman–Crippen LogP) is 6.80. The van der Waals surface area contributed by atoms with E-state index in [2.05, 4.69) is 43.9 Å². The number of rotatable bonds is 12. The summed E-state index contributed by atoms with van der Waals surface area (Å²) >= 11 is 13.4. The van der Waals surface area contributed by atoms with Crippen LogP contribution in [0.25, 0.3) is 0 Å². The summed E-state index contributed by atoms with van der Waals surface area (Å²) in [6.07, 6.45) is 3.07. The number of nitrogens with one attached hydrogen (secondary N) is 2. The van der Waals surface area contributed by atoms with Crippen LogP contribution in [-0.4, -0.2) is 102 Å². The van der Waals surface area contributed by atoms with Gasteiger partial charge in [0.15, 0.2) is 0 Å². The number of likely N-dealkylation sites (N-methyl/N-ethyl adjacent to an activating group) is 1. The van der Waals surface area contributed by atoms with Gasteiger partial charge in [0.1, 0.15) is 50.7 Å². The lowest BCUT2D eigenvalue weighted by Crippen LogP contribution is -2.54. The molecule has 1 aliphatic carbocycles. The molecule has 1 aromatic heterocycles. The molecule has 4 amide bonds. The second-order valence-corrected chi connectivity index (χ2v) is 14.6. The first-order valence-electron chi connectivity index (χ1n) is 17.4. The van der Waals surface area contributed by atoms with Crippen molar-refractivity contribution in [1.82, 2.24) is 14.9 Å². The Labute approximate surface area is 328 Å². The molecular formula is C37H44Cl2N8O8. The lowest BCUT2D eigenvalue weighted by Gasteiger charge is -2.43. The molecule has 0 atom stereocenters. The Morgan fingerprint density at radius 2 is 1.69 bits per heavy atom. The smallest absolute Gasteiger partial charge is 0.421 e. The van der Waals surface area contributed by atoms with E-state index in [1.165, 1.54) is 38.9 Å². The lowest BCUT2D eigenvalue weighted by molar-refractivity contribution is -0.116. The number of hydrogen-bond acceptors (Lipinski definition) is 12. The molecule has 3 aromatic rings. The van der Waals surface area contributed by atoms with Crippen LogP contribution >= 0.6 is 23.2 Å². The zero-order chi connectivity index (χ0) is 40.2. The van der Waals surface area contributed by atoms with Crippen molar-refractivity contribution in [3.63, 3.8) is 0 Å². The maximum atomic E-state index is 14.4. The standard InChI is InChI=1S/C37H44Cl2N8O8/c1-8-28(48)43-24-17-22(44-14-15-45(9-2)37(20-44)11-12-37)16-23(32(24)46(34(50)51)27-10-13-40-21-42-27)41-19-29(49)47(35(52)55-36(3,4)5)33-30(38)25(53-6)18-26(54-7)31(33)39/h8,10,13,16-18,21,41H,1,9,11-12,14-15,19-20H2,2-7H3,(H,43,48)(H,50,51). The van der Waals surface area contributed by atoms with E-state index in [1.807, 2.05) is 0 Å². The molecule has 1 saturated carbocycles. The summed E-state index contributed by atoms with van der Waals surface area (Å²) in [7, 11) is 2.69. The van der Waals surface area contributed by atoms with E-state index in [0.29, 0.717) is 23.7 Å². The Morgan fingerprint density at radius 1 is 1.04 bits per heavy atom. The molecule has 1 spiro atoms. The van der Waals surface area contributed by atoms with Crippen LogP contribution in [0.5, 0.6) is 11.5 Å². The highest BCUT2D eigenvalue weighted by molar-refractivity contribution is 6.43. The minimum atomic E-state index is -1.46. The molecular weight excluding hydrogens is 755 g/mol. The SMILES string of the molecule is C=CC(=O)Nc1cc(N2CCN(CC)C3(CC3)C2)cc(NCC(=O)N(C(=O)OC(C)(C)C)c2c(Cl)c(OC)cc(OC)c2Cl)c1N(C(=O)O)c1ccncn1. The fraction of sp³-hybridized carbons (Fsp3) is 0.405. The highest BCUT2D eigenvalue weighted by Gasteiger charge is 2.50. The van der Waals surface area contributed by atoms with Gasteiger partial charge in [-0.1, -0.05) is 36.7 Å². The molecule has 1 aliphatic heterocycles. The van der Waals surface area contributed by atoms with Crippen molar-refractivity contribution in [3.8, 4) is 11.5 Å². The van der Waals surface area contributed by atoms with E-state index in [1.54, 1.807) is 32.9 Å². The number of imide groups is 1. The van der Waals surface area contributed by atoms with Crippen LogP contribution in [0.2, 0.25) is 10.0 Å². The fourth-order valence-electron chi connectivity index (χ4n) is 6.47. The van der Waals surface area contributed by atoms with E-state index in [9.17, 15) is 24.3 Å². The number of piperazine rings is 1. The van der Waals surface area contributed by atoms with Crippen molar-refractivity contribution in [2.24, 2.45) is 0 Å². The van der Waals surface area contributed by atoms with Gasteiger partial charge >= 0.3 is 12.2 Å². The summed E-state index contributed by atoms with van der Waals surface area (Å²) < 4.78 is 16.4. The first kappa shape index (κ1) is 40.9. The van der Waals surface area contributed by atoms with Crippen LogP contribution in [-0.2, 0) is 14.3 Å². The van der Waals surface area contributed by atoms with Crippen LogP contribution in [0.3, 0.4) is 0 Å². The van der Waals surface area contributed by atoms with Crippen molar-refractivity contribution >= 4 is 81.5 Å². The molecule has 2 aromatic carbocycles. The molecule has 3 N–H and O–H groups in total. The van der Waals surface area contributed by atoms with Crippen LogP contribution in [0.1, 0.15) is 40.5 Å². The van der Waals surface area contributed by atoms with Crippen LogP contribution in [0, 0.1) is 0 Å². The molecule has 18 heteroatoms. The summed E-state index contributed by atoms with van der Waals surface area (Å²) in [5.74, 6) is -1.45. The number of aromatic nitrogens is 2. The van der Waals surface area contributed by atoms with Gasteiger partial charge in [0.25, 0.3) is 5.91 Å². The topological polar surface area (TPSA) is 179 Å². The summed E-state index contributed by atoms with van der Waals surface area (Å²) in [6.45, 7) is 12.9. The predicted molar refractivity (Wildman–Crippen MR) is 211 cm³/mol. The second-order valence-electron chi connectivity index (χ2n) is 13.8. The number of carboxylic acid groups (broad SMARTS) is 1. The van der Waals surface area contributed by atoms with Crippen molar-refractivity contribution in [1.29, 1.82) is 0 Å². The highest BCUT2D eigenvalue weighted by atomic mass is 35.5. The molecule has 1 saturated heterocycles. The van der Waals surface area contributed by atoms with Gasteiger partial charge in [-0.3, -0.25) is 14.5 Å². The molecule has 2 heterocycles. The Kier molecular flexibility index (Phi) is 12.3. The van der Waals surface area contributed by atoms with E-state index in [-0.39, 0.29) is 55.7 Å². The number of halogens is 2. The normalized spacial score (nSPS) is 14.8. The minimum Gasteiger partial charge on any atom is -0.495 e. The molecule has 5 rings (SSSR count). The summed E-state index contributed by atoms with van der Waals surface area (Å²) in [6, 6.07) is 6.14. The molecule has 2 aliphatic rings. The number of benzene rings is 2. The van der Waals surface area contributed by atoms with Crippen LogP contribution in [0.4, 0.5) is 43.8 Å². The molecule has 2 fully saturated rings. The second kappa shape index (κ2) is 16.6. The van der Waals surface area contributed by atoms with E-state index in [0.717, 1.165) is 36.9 Å². The van der Waals surface area contributed by atoms with Crippen LogP contribution < -0.4 is 34.8 Å². The average Bonchev–Trinajstić information content (AvgIpc) is 3.91. The summed E-state index contributed by atoms with van der Waals surface area (Å²) in [5, 5.41) is 16.1. The van der Waals surface area contributed by atoms with Crippen molar-refractivity contribution in [2.45, 2.75) is 51.7 Å². The number of carbonyl (C=O) groups excluding carboxylic acids is 3. The zero-order valence-electron chi connectivity index (χ0n) is 31.4. The minimum absolute atomic E-state index is 0.00192. The van der Waals surface area contributed by atoms with E-state index < -0.39 is 36.1 Å². The number of hydrogen-bond donors (Lipinski definition) is 3. The van der Waals surface area contributed by atoms with Crippen LogP contribution in [0.15, 0.2) is 49.4 Å². The number of amides is 4. The Balaban J connectivity index is 1.67. The Bertz CT molecular complexity index is 1940. The van der Waals surface area contributed by atoms with Gasteiger partial charge in [-0.05, 0) is 64.4 Å². The number of carbonyl (C=O) groups is 4. The third kappa shape index (κ3) is 8.82. The molecule has 0 unspecified atom stereocenters. The molecule has 0 bridgehead atoms. The van der Waals surface area contributed by atoms with E-state index >= 15 is 0 Å². The average molecular weight is 800 g/mol. The largest absolute Gasteiger partial charge is 0.495 e. The quantitative estimate of drug-likeness (QED) is 0.163. The zero-order valence-corrected chi connectivity index (χ0v) is 33.0. The number of ether oxygens (including phenoxy) is 3. The van der Waals surface area contributed by atoms with Gasteiger partial charge in [-0.15, -0.1) is 0 Å². The number of anilines is 6. The molecule has 294 valence electrons. The first-order chi connectivity index (χ1) is 26.1. The van der Waals surface area contributed by atoms with Gasteiger partial charge in [0, 0.05) is 43.1 Å². The van der Waals surface area contributed by atoms with Gasteiger partial charge < -0.3 is 34.9 Å². The van der Waals surface area contributed by atoms with Gasteiger partial charge in [0.05, 0.1) is 32.1 Å². The van der Waals surface area contributed by atoms with Gasteiger partial charge in [0.2, 0.25) is 5.91 Å². The Morgan fingerprint density at radius 3 is 2.22 bits per heavy atom. The lowest BCUT2D eigenvalue weighted by atomic mass is 10.1. The third-order valence-electron chi connectivity index (χ3n) is 9.15. The van der Waals surface area contributed by atoms with Crippen molar-refractivity contribution < 1.29 is 38.5 Å². The summed E-state index contributed by atoms with van der Waals surface area (Å²) in [4.78, 5) is 68.4. The first-order valence-corrected chi connectivity index (χ1v) is 18.1.